The van der Waals surface area contributed by atoms with Gasteiger partial charge in [0.1, 0.15) is 0 Å². The number of rotatable bonds is 3. The van der Waals surface area contributed by atoms with Crippen LogP contribution in [0, 0.1) is 12.8 Å². The molecular formula is C14H18BrN5. The number of tetrazole rings is 1. The Morgan fingerprint density at radius 1 is 1.35 bits per heavy atom. The molecule has 5 nitrogen and oxygen atoms in total. The van der Waals surface area contributed by atoms with Gasteiger partial charge in [0.15, 0.2) is 5.82 Å². The van der Waals surface area contributed by atoms with Gasteiger partial charge in [0.05, 0.1) is 0 Å². The third kappa shape index (κ3) is 2.57. The molecule has 2 N–H and O–H groups in total. The molecule has 0 saturated heterocycles. The van der Waals surface area contributed by atoms with Crippen molar-refractivity contribution in [2.24, 2.45) is 5.92 Å². The van der Waals surface area contributed by atoms with E-state index in [2.05, 4.69) is 31.5 Å². The first-order valence-electron chi connectivity index (χ1n) is 6.97. The van der Waals surface area contributed by atoms with E-state index in [4.69, 9.17) is 5.73 Å². The standard InChI is InChI=1S/C14H18BrN5/c1-9-12(6-11(15)7-13(9)16)14-17-18-19-20(14)8-10-4-2-3-5-10/h6-7,10H,2-5,8,16H2,1H3. The first-order valence-corrected chi connectivity index (χ1v) is 7.76. The zero-order chi connectivity index (χ0) is 14.1. The lowest BCUT2D eigenvalue weighted by molar-refractivity contribution is 0.424. The average molecular weight is 336 g/mol. The molecule has 1 fully saturated rings. The van der Waals surface area contributed by atoms with Crippen LogP contribution in [0.15, 0.2) is 16.6 Å². The lowest BCUT2D eigenvalue weighted by Crippen LogP contribution is -2.11. The summed E-state index contributed by atoms with van der Waals surface area (Å²) in [6.45, 7) is 2.90. The van der Waals surface area contributed by atoms with Crippen molar-refractivity contribution < 1.29 is 0 Å². The molecule has 0 spiro atoms. The topological polar surface area (TPSA) is 69.6 Å². The van der Waals surface area contributed by atoms with Crippen LogP contribution >= 0.6 is 15.9 Å². The van der Waals surface area contributed by atoms with Crippen LogP contribution in [0.4, 0.5) is 5.69 Å². The quantitative estimate of drug-likeness (QED) is 0.874. The van der Waals surface area contributed by atoms with E-state index in [1.807, 2.05) is 23.7 Å². The van der Waals surface area contributed by atoms with Crippen molar-refractivity contribution in [2.45, 2.75) is 39.2 Å². The van der Waals surface area contributed by atoms with Crippen molar-refractivity contribution in [2.75, 3.05) is 5.73 Å². The minimum absolute atomic E-state index is 0.696. The number of aromatic nitrogens is 4. The number of hydrogen-bond donors (Lipinski definition) is 1. The average Bonchev–Trinajstić information content (AvgIpc) is 3.06. The van der Waals surface area contributed by atoms with Crippen LogP contribution in [-0.4, -0.2) is 20.2 Å². The number of anilines is 1. The van der Waals surface area contributed by atoms with Crippen LogP contribution in [0.2, 0.25) is 0 Å². The van der Waals surface area contributed by atoms with E-state index >= 15 is 0 Å². The first kappa shape index (κ1) is 13.5. The second-order valence-electron chi connectivity index (χ2n) is 5.50. The van der Waals surface area contributed by atoms with Crippen molar-refractivity contribution in [3.05, 3.63) is 22.2 Å². The van der Waals surface area contributed by atoms with Gasteiger partial charge in [0, 0.05) is 22.3 Å². The minimum atomic E-state index is 0.696. The molecule has 1 aliphatic carbocycles. The Kier molecular flexibility index (Phi) is 3.74. The third-order valence-corrected chi connectivity index (χ3v) is 4.55. The molecule has 0 atom stereocenters. The summed E-state index contributed by atoms with van der Waals surface area (Å²) in [7, 11) is 0. The Balaban J connectivity index is 1.96. The van der Waals surface area contributed by atoms with E-state index in [1.54, 1.807) is 0 Å². The van der Waals surface area contributed by atoms with Gasteiger partial charge in [0.25, 0.3) is 0 Å². The molecule has 0 unspecified atom stereocenters. The second-order valence-corrected chi connectivity index (χ2v) is 6.42. The van der Waals surface area contributed by atoms with Crippen LogP contribution in [0.25, 0.3) is 11.4 Å². The summed E-state index contributed by atoms with van der Waals surface area (Å²) < 4.78 is 2.87. The largest absolute Gasteiger partial charge is 0.398 e. The molecule has 3 rings (SSSR count). The SMILES string of the molecule is Cc1c(N)cc(Br)cc1-c1nnnn1CC1CCCC1. The zero-order valence-corrected chi connectivity index (χ0v) is 13.1. The predicted octanol–water partition coefficient (Wildman–Crippen LogP) is 3.18. The van der Waals surface area contributed by atoms with Crippen LogP contribution in [-0.2, 0) is 6.54 Å². The Labute approximate surface area is 126 Å². The fourth-order valence-electron chi connectivity index (χ4n) is 2.89. The van der Waals surface area contributed by atoms with E-state index in [0.29, 0.717) is 5.92 Å². The van der Waals surface area contributed by atoms with Crippen LogP contribution in [0.3, 0.4) is 0 Å². The highest BCUT2D eigenvalue weighted by Gasteiger charge is 2.20. The zero-order valence-electron chi connectivity index (χ0n) is 11.5. The molecule has 0 aliphatic heterocycles. The smallest absolute Gasteiger partial charge is 0.182 e. The van der Waals surface area contributed by atoms with E-state index in [0.717, 1.165) is 33.7 Å². The summed E-state index contributed by atoms with van der Waals surface area (Å²) in [5, 5.41) is 12.2. The number of nitrogens with zero attached hydrogens (tertiary/aromatic N) is 4. The maximum absolute atomic E-state index is 6.03. The van der Waals surface area contributed by atoms with Gasteiger partial charge in [-0.3, -0.25) is 0 Å². The second kappa shape index (κ2) is 5.52. The van der Waals surface area contributed by atoms with Gasteiger partial charge in [-0.15, -0.1) is 5.10 Å². The fraction of sp³-hybridized carbons (Fsp3) is 0.500. The summed E-state index contributed by atoms with van der Waals surface area (Å²) >= 11 is 3.49. The van der Waals surface area contributed by atoms with E-state index in [-0.39, 0.29) is 0 Å². The molecule has 6 heteroatoms. The number of nitrogen functional groups attached to an aromatic ring is 1. The van der Waals surface area contributed by atoms with E-state index in [1.165, 1.54) is 25.7 Å². The Hall–Kier alpha value is -1.43. The monoisotopic (exact) mass is 335 g/mol. The first-order chi connectivity index (χ1) is 9.65. The number of nitrogens with two attached hydrogens (primary N) is 1. The van der Waals surface area contributed by atoms with Gasteiger partial charge in [-0.25, -0.2) is 4.68 Å². The van der Waals surface area contributed by atoms with E-state index in [9.17, 15) is 0 Å². The molecule has 106 valence electrons. The summed E-state index contributed by atoms with van der Waals surface area (Å²) in [5.74, 6) is 1.50. The lowest BCUT2D eigenvalue weighted by atomic mass is 10.1. The van der Waals surface area contributed by atoms with Gasteiger partial charge in [-0.2, -0.15) is 0 Å². The molecule has 0 radical (unpaired) electrons. The molecule has 0 bridgehead atoms. The fourth-order valence-corrected chi connectivity index (χ4v) is 3.37. The molecule has 1 heterocycles. The van der Waals surface area contributed by atoms with Crippen molar-refractivity contribution in [3.8, 4) is 11.4 Å². The van der Waals surface area contributed by atoms with Crippen LogP contribution in [0.1, 0.15) is 31.2 Å². The lowest BCUT2D eigenvalue weighted by Gasteiger charge is -2.12. The summed E-state index contributed by atoms with van der Waals surface area (Å²) in [5.41, 5.74) is 8.81. The van der Waals surface area contributed by atoms with Crippen molar-refractivity contribution in [3.63, 3.8) is 0 Å². The summed E-state index contributed by atoms with van der Waals surface area (Å²) in [6, 6.07) is 3.94. The van der Waals surface area contributed by atoms with Crippen molar-refractivity contribution in [1.82, 2.24) is 20.2 Å². The van der Waals surface area contributed by atoms with E-state index < -0.39 is 0 Å². The van der Waals surface area contributed by atoms with Gasteiger partial charge in [-0.05, 0) is 53.8 Å². The normalized spacial score (nSPS) is 15.9. The maximum Gasteiger partial charge on any atom is 0.182 e. The molecule has 20 heavy (non-hydrogen) atoms. The highest BCUT2D eigenvalue weighted by molar-refractivity contribution is 9.10. The number of hydrogen-bond acceptors (Lipinski definition) is 4. The van der Waals surface area contributed by atoms with Crippen molar-refractivity contribution in [1.29, 1.82) is 0 Å². The maximum atomic E-state index is 6.03. The Bertz CT molecular complexity index is 616. The molecule has 1 aromatic carbocycles. The Morgan fingerprint density at radius 3 is 2.85 bits per heavy atom. The van der Waals surface area contributed by atoms with Gasteiger partial charge < -0.3 is 5.73 Å². The molecule has 2 aromatic rings. The van der Waals surface area contributed by atoms with Gasteiger partial charge in [0.2, 0.25) is 0 Å². The van der Waals surface area contributed by atoms with Crippen molar-refractivity contribution >= 4 is 21.6 Å². The highest BCUT2D eigenvalue weighted by atomic mass is 79.9. The van der Waals surface area contributed by atoms with Crippen LogP contribution in [0.5, 0.6) is 0 Å². The van der Waals surface area contributed by atoms with Gasteiger partial charge >= 0.3 is 0 Å². The summed E-state index contributed by atoms with van der Waals surface area (Å²) in [4.78, 5) is 0. The third-order valence-electron chi connectivity index (χ3n) is 4.09. The highest BCUT2D eigenvalue weighted by Crippen LogP contribution is 2.31. The molecule has 1 aromatic heterocycles. The minimum Gasteiger partial charge on any atom is -0.398 e. The molecule has 1 aliphatic rings. The van der Waals surface area contributed by atoms with Gasteiger partial charge in [-0.1, -0.05) is 28.8 Å². The predicted molar refractivity (Wildman–Crippen MR) is 82.1 cm³/mol. The Morgan fingerprint density at radius 2 is 2.10 bits per heavy atom. The number of halogens is 1. The molecule has 0 amide bonds. The molecular weight excluding hydrogens is 318 g/mol. The van der Waals surface area contributed by atoms with Crippen LogP contribution < -0.4 is 5.73 Å². The summed E-state index contributed by atoms with van der Waals surface area (Å²) in [6.07, 6.45) is 5.20. The number of benzene rings is 1. The molecule has 1 saturated carbocycles.